The molecule has 0 aliphatic carbocycles. The number of nitrogens with one attached hydrogen (secondary N) is 1. The number of anilines is 1. The molecule has 0 bridgehead atoms. The molecular weight excluding hydrogens is 403 g/mol. The number of amides is 1. The Kier molecular flexibility index (Phi) is 5.50. The van der Waals surface area contributed by atoms with E-state index >= 15 is 0 Å². The van der Waals surface area contributed by atoms with Gasteiger partial charge in [0.2, 0.25) is 5.91 Å². The van der Waals surface area contributed by atoms with E-state index in [1.165, 1.54) is 12.1 Å². The van der Waals surface area contributed by atoms with E-state index in [9.17, 15) is 18.0 Å². The Morgan fingerprint density at radius 2 is 1.81 bits per heavy atom. The van der Waals surface area contributed by atoms with Gasteiger partial charge >= 0.3 is 6.18 Å². The molecule has 1 N–H and O–H groups in total. The molecule has 0 saturated carbocycles. The van der Waals surface area contributed by atoms with Gasteiger partial charge in [-0.1, -0.05) is 42.0 Å². The Labute approximate surface area is 177 Å². The lowest BCUT2D eigenvalue weighted by molar-refractivity contribution is -0.137. The largest absolute Gasteiger partial charge is 0.416 e. The van der Waals surface area contributed by atoms with Crippen molar-refractivity contribution >= 4 is 17.2 Å². The maximum Gasteiger partial charge on any atom is 0.416 e. The Hall–Kier alpha value is -3.61. The predicted octanol–water partition coefficient (Wildman–Crippen LogP) is 5.90. The van der Waals surface area contributed by atoms with Crippen LogP contribution in [0.15, 0.2) is 72.9 Å². The quantitative estimate of drug-likeness (QED) is 0.434. The number of nitrogens with zero attached hydrogens (tertiary/aromatic N) is 2. The third-order valence-corrected chi connectivity index (χ3v) is 5.02. The topological polar surface area (TPSA) is 46.4 Å². The molecule has 7 heteroatoms. The number of aryl methyl sites for hydroxylation is 2. The number of fused-ring (bicyclic) bond motifs is 1. The van der Waals surface area contributed by atoms with Crippen molar-refractivity contribution in [2.24, 2.45) is 0 Å². The molecule has 2 aromatic carbocycles. The molecular formula is C24H20F3N3O. The number of halogens is 3. The third-order valence-electron chi connectivity index (χ3n) is 5.02. The van der Waals surface area contributed by atoms with Gasteiger partial charge in [0, 0.05) is 23.9 Å². The Morgan fingerprint density at radius 3 is 2.55 bits per heavy atom. The summed E-state index contributed by atoms with van der Waals surface area (Å²) in [4.78, 5) is 17.2. The van der Waals surface area contributed by atoms with Crippen molar-refractivity contribution in [2.75, 3.05) is 5.32 Å². The molecule has 2 heterocycles. The number of hydrogen-bond donors (Lipinski definition) is 1. The van der Waals surface area contributed by atoms with E-state index in [2.05, 4.69) is 5.32 Å². The Morgan fingerprint density at radius 1 is 1.03 bits per heavy atom. The van der Waals surface area contributed by atoms with Crippen LogP contribution in [0.4, 0.5) is 18.9 Å². The van der Waals surface area contributed by atoms with Crippen LogP contribution in [0.5, 0.6) is 0 Å². The molecule has 4 aromatic rings. The van der Waals surface area contributed by atoms with Crippen LogP contribution in [0.2, 0.25) is 0 Å². The van der Waals surface area contributed by atoms with E-state index in [0.29, 0.717) is 6.42 Å². The van der Waals surface area contributed by atoms with Gasteiger partial charge in [-0.25, -0.2) is 4.98 Å². The number of aromatic nitrogens is 2. The summed E-state index contributed by atoms with van der Waals surface area (Å²) in [6.07, 6.45) is -2.07. The van der Waals surface area contributed by atoms with Crippen LogP contribution in [0.3, 0.4) is 0 Å². The first-order valence-electron chi connectivity index (χ1n) is 9.81. The molecule has 0 aliphatic heterocycles. The van der Waals surface area contributed by atoms with Crippen LogP contribution in [0.1, 0.15) is 23.2 Å². The summed E-state index contributed by atoms with van der Waals surface area (Å²) < 4.78 is 40.6. The second kappa shape index (κ2) is 8.26. The van der Waals surface area contributed by atoms with E-state index in [4.69, 9.17) is 4.98 Å². The average Bonchev–Trinajstić information content (AvgIpc) is 3.11. The van der Waals surface area contributed by atoms with E-state index in [-0.39, 0.29) is 18.0 Å². The van der Waals surface area contributed by atoms with E-state index in [1.54, 1.807) is 0 Å². The van der Waals surface area contributed by atoms with Crippen molar-refractivity contribution in [2.45, 2.75) is 25.9 Å². The number of imidazole rings is 1. The van der Waals surface area contributed by atoms with Gasteiger partial charge in [0.15, 0.2) is 0 Å². The number of carbonyl (C=O) groups excluding carboxylic acids is 1. The van der Waals surface area contributed by atoms with Crippen molar-refractivity contribution in [1.29, 1.82) is 0 Å². The highest BCUT2D eigenvalue weighted by Gasteiger charge is 2.30. The van der Waals surface area contributed by atoms with Gasteiger partial charge in [-0.05, 0) is 43.7 Å². The molecule has 4 nitrogen and oxygen atoms in total. The minimum atomic E-state index is -4.46. The van der Waals surface area contributed by atoms with Gasteiger partial charge in [-0.2, -0.15) is 13.2 Å². The minimum Gasteiger partial charge on any atom is -0.326 e. The first-order chi connectivity index (χ1) is 14.8. The SMILES string of the molecule is Cc1ccc(-c2nc3ccccn3c2CCC(=O)Nc2cccc(C(F)(F)F)c2)cc1. The van der Waals surface area contributed by atoms with Crippen LogP contribution >= 0.6 is 0 Å². The third kappa shape index (κ3) is 4.60. The predicted molar refractivity (Wildman–Crippen MR) is 114 cm³/mol. The molecule has 0 atom stereocenters. The van der Waals surface area contributed by atoms with E-state index in [0.717, 1.165) is 40.3 Å². The average molecular weight is 423 g/mol. The van der Waals surface area contributed by atoms with Crippen LogP contribution in [-0.2, 0) is 17.4 Å². The molecule has 0 fully saturated rings. The molecule has 0 aliphatic rings. The minimum absolute atomic E-state index is 0.109. The fourth-order valence-electron chi connectivity index (χ4n) is 3.46. The summed E-state index contributed by atoms with van der Waals surface area (Å²) >= 11 is 0. The zero-order valence-corrected chi connectivity index (χ0v) is 16.8. The highest BCUT2D eigenvalue weighted by Crippen LogP contribution is 2.31. The molecule has 1 amide bonds. The Bertz CT molecular complexity index is 1230. The van der Waals surface area contributed by atoms with Gasteiger partial charge in [0.25, 0.3) is 0 Å². The lowest BCUT2D eigenvalue weighted by Gasteiger charge is -2.10. The monoisotopic (exact) mass is 423 g/mol. The summed E-state index contributed by atoms with van der Waals surface area (Å²) in [6, 6.07) is 18.3. The lowest BCUT2D eigenvalue weighted by Crippen LogP contribution is -2.14. The first kappa shape index (κ1) is 20.7. The van der Waals surface area contributed by atoms with Crippen LogP contribution < -0.4 is 5.32 Å². The standard InChI is InChI=1S/C24H20F3N3O/c1-16-8-10-17(11-9-16)23-20(30-14-3-2-7-21(30)29-23)12-13-22(31)28-19-6-4-5-18(15-19)24(25,26)27/h2-11,14-15H,12-13H2,1H3,(H,28,31). The van der Waals surface area contributed by atoms with Crippen LogP contribution in [-0.4, -0.2) is 15.3 Å². The smallest absolute Gasteiger partial charge is 0.326 e. The number of pyridine rings is 1. The molecule has 158 valence electrons. The number of alkyl halides is 3. The maximum atomic E-state index is 12.9. The second-order valence-electron chi connectivity index (χ2n) is 7.33. The van der Waals surface area contributed by atoms with Gasteiger partial charge in [-0.3, -0.25) is 4.79 Å². The van der Waals surface area contributed by atoms with Gasteiger partial charge < -0.3 is 9.72 Å². The summed E-state index contributed by atoms with van der Waals surface area (Å²) in [7, 11) is 0. The summed E-state index contributed by atoms with van der Waals surface area (Å²) in [5.74, 6) is -0.361. The summed E-state index contributed by atoms with van der Waals surface area (Å²) in [5.41, 5.74) is 3.84. The van der Waals surface area contributed by atoms with Crippen molar-refractivity contribution < 1.29 is 18.0 Å². The van der Waals surface area contributed by atoms with E-state index < -0.39 is 11.7 Å². The van der Waals surface area contributed by atoms with Crippen molar-refractivity contribution in [1.82, 2.24) is 9.38 Å². The molecule has 0 unspecified atom stereocenters. The van der Waals surface area contributed by atoms with Gasteiger partial charge in [0.05, 0.1) is 17.0 Å². The molecule has 2 aromatic heterocycles. The van der Waals surface area contributed by atoms with E-state index in [1.807, 2.05) is 60.0 Å². The number of hydrogen-bond acceptors (Lipinski definition) is 2. The fourth-order valence-corrected chi connectivity index (χ4v) is 3.46. The van der Waals surface area contributed by atoms with Crippen molar-refractivity contribution in [3.63, 3.8) is 0 Å². The fraction of sp³-hybridized carbons (Fsp3) is 0.167. The maximum absolute atomic E-state index is 12.9. The zero-order chi connectivity index (χ0) is 22.0. The van der Waals surface area contributed by atoms with Crippen molar-refractivity contribution in [3.05, 3.63) is 89.7 Å². The van der Waals surface area contributed by atoms with Gasteiger partial charge in [-0.15, -0.1) is 0 Å². The number of benzene rings is 2. The highest BCUT2D eigenvalue weighted by atomic mass is 19.4. The van der Waals surface area contributed by atoms with Crippen molar-refractivity contribution in [3.8, 4) is 11.3 Å². The lowest BCUT2D eigenvalue weighted by atomic mass is 10.1. The normalized spacial score (nSPS) is 11.6. The van der Waals surface area contributed by atoms with Crippen LogP contribution in [0.25, 0.3) is 16.9 Å². The molecule has 0 radical (unpaired) electrons. The summed E-state index contributed by atoms with van der Waals surface area (Å²) in [5, 5.41) is 2.56. The molecule has 31 heavy (non-hydrogen) atoms. The Balaban J connectivity index is 1.56. The molecule has 4 rings (SSSR count). The second-order valence-corrected chi connectivity index (χ2v) is 7.33. The number of rotatable bonds is 5. The number of carbonyl (C=O) groups is 1. The zero-order valence-electron chi connectivity index (χ0n) is 16.8. The summed E-state index contributed by atoms with van der Waals surface area (Å²) in [6.45, 7) is 2.01. The van der Waals surface area contributed by atoms with Crippen LogP contribution in [0, 0.1) is 6.92 Å². The molecule has 0 spiro atoms. The molecule has 0 saturated heterocycles. The highest BCUT2D eigenvalue weighted by molar-refractivity contribution is 5.91. The van der Waals surface area contributed by atoms with Gasteiger partial charge in [0.1, 0.15) is 5.65 Å². The first-order valence-corrected chi connectivity index (χ1v) is 9.81.